The van der Waals surface area contributed by atoms with Gasteiger partial charge >= 0.3 is 0 Å². The number of aromatic nitrogens is 4. The Kier molecular flexibility index (Phi) is 5.25. The first-order chi connectivity index (χ1) is 13.7. The summed E-state index contributed by atoms with van der Waals surface area (Å²) in [6, 6.07) is 11.5. The van der Waals surface area contributed by atoms with Crippen LogP contribution in [0.25, 0.3) is 5.69 Å². The first-order valence-corrected chi connectivity index (χ1v) is 8.90. The monoisotopic (exact) mass is 379 g/mol. The third kappa shape index (κ3) is 4.32. The summed E-state index contributed by atoms with van der Waals surface area (Å²) < 4.78 is 30.7. The molecule has 0 radical (unpaired) electrons. The first kappa shape index (κ1) is 18.1. The molecule has 4 rings (SSSR count). The lowest BCUT2D eigenvalue weighted by molar-refractivity contribution is 0.611. The van der Waals surface area contributed by atoms with Gasteiger partial charge in [0.25, 0.3) is 0 Å². The number of hydrogen-bond donors (Lipinski definition) is 1. The van der Waals surface area contributed by atoms with Gasteiger partial charge in [0.15, 0.2) is 0 Å². The van der Waals surface area contributed by atoms with Gasteiger partial charge in [0, 0.05) is 37.2 Å². The van der Waals surface area contributed by atoms with E-state index < -0.39 is 0 Å². The summed E-state index contributed by atoms with van der Waals surface area (Å²) in [7, 11) is 0. The van der Waals surface area contributed by atoms with Crippen molar-refractivity contribution in [2.75, 3.05) is 0 Å². The Balaban J connectivity index is 1.31. The van der Waals surface area contributed by atoms with Crippen LogP contribution in [0.4, 0.5) is 8.78 Å². The van der Waals surface area contributed by atoms with Gasteiger partial charge in [0.1, 0.15) is 11.6 Å². The van der Waals surface area contributed by atoms with Crippen molar-refractivity contribution in [2.45, 2.75) is 19.6 Å². The van der Waals surface area contributed by atoms with Gasteiger partial charge in [-0.2, -0.15) is 5.10 Å². The molecule has 0 aliphatic heterocycles. The molecule has 0 saturated heterocycles. The van der Waals surface area contributed by atoms with Crippen LogP contribution in [0, 0.1) is 11.6 Å². The molecular formula is C21H19F2N5. The van der Waals surface area contributed by atoms with Crippen LogP contribution in [0.15, 0.2) is 73.6 Å². The zero-order valence-electron chi connectivity index (χ0n) is 15.1. The molecule has 0 amide bonds. The number of halogens is 2. The lowest BCUT2D eigenvalue weighted by atomic mass is 10.2. The molecule has 2 aromatic carbocycles. The van der Waals surface area contributed by atoms with Crippen LogP contribution in [0.2, 0.25) is 0 Å². The zero-order valence-corrected chi connectivity index (χ0v) is 15.1. The molecule has 2 aromatic heterocycles. The highest BCUT2D eigenvalue weighted by molar-refractivity contribution is 5.36. The number of imidazole rings is 1. The maximum absolute atomic E-state index is 14.3. The van der Waals surface area contributed by atoms with Gasteiger partial charge in [-0.05, 0) is 35.4 Å². The maximum atomic E-state index is 14.3. The van der Waals surface area contributed by atoms with E-state index in [4.69, 9.17) is 0 Å². The fourth-order valence-corrected chi connectivity index (χ4v) is 2.98. The van der Waals surface area contributed by atoms with Crippen molar-refractivity contribution in [2.24, 2.45) is 0 Å². The summed E-state index contributed by atoms with van der Waals surface area (Å²) in [6.45, 7) is 1.75. The molecule has 2 heterocycles. The summed E-state index contributed by atoms with van der Waals surface area (Å²) in [5.74, 6) is -0.534. The van der Waals surface area contributed by atoms with E-state index in [0.29, 0.717) is 25.3 Å². The van der Waals surface area contributed by atoms with E-state index in [9.17, 15) is 8.78 Å². The average Bonchev–Trinajstić information content (AvgIpc) is 3.36. The van der Waals surface area contributed by atoms with Crippen LogP contribution in [0.1, 0.15) is 16.7 Å². The van der Waals surface area contributed by atoms with Crippen LogP contribution < -0.4 is 5.32 Å². The fraction of sp³-hybridized carbons (Fsp3) is 0.143. The van der Waals surface area contributed by atoms with Crippen molar-refractivity contribution in [1.29, 1.82) is 0 Å². The minimum absolute atomic E-state index is 0.247. The Morgan fingerprint density at radius 2 is 1.71 bits per heavy atom. The third-order valence-electron chi connectivity index (χ3n) is 4.40. The highest BCUT2D eigenvalue weighted by Gasteiger charge is 2.06. The van der Waals surface area contributed by atoms with Crippen molar-refractivity contribution >= 4 is 0 Å². The molecule has 7 heteroatoms. The number of nitrogens with one attached hydrogen (secondary N) is 1. The van der Waals surface area contributed by atoms with Crippen LogP contribution in [-0.2, 0) is 19.6 Å². The van der Waals surface area contributed by atoms with E-state index >= 15 is 0 Å². The van der Waals surface area contributed by atoms with Gasteiger partial charge in [-0.3, -0.25) is 4.68 Å². The largest absolute Gasteiger partial charge is 0.309 e. The molecule has 142 valence electrons. The second kappa shape index (κ2) is 8.14. The van der Waals surface area contributed by atoms with Gasteiger partial charge in [-0.1, -0.05) is 18.2 Å². The Morgan fingerprint density at radius 1 is 0.929 bits per heavy atom. The van der Waals surface area contributed by atoms with Crippen LogP contribution >= 0.6 is 0 Å². The van der Waals surface area contributed by atoms with Gasteiger partial charge in [-0.25, -0.2) is 13.8 Å². The van der Waals surface area contributed by atoms with E-state index in [1.807, 2.05) is 16.9 Å². The zero-order chi connectivity index (χ0) is 19.3. The molecule has 0 spiro atoms. The SMILES string of the molecule is Fc1ccc(Cn2cc(CNCc3ccc(-n4ccnc4)c(F)c3)cn2)cc1. The Morgan fingerprint density at radius 3 is 2.46 bits per heavy atom. The van der Waals surface area contributed by atoms with Gasteiger partial charge in [0.05, 0.1) is 24.8 Å². The minimum Gasteiger partial charge on any atom is -0.309 e. The lowest BCUT2D eigenvalue weighted by Gasteiger charge is -2.08. The molecule has 0 atom stereocenters. The van der Waals surface area contributed by atoms with E-state index in [1.54, 1.807) is 47.7 Å². The predicted octanol–water partition coefficient (Wildman–Crippen LogP) is 3.69. The molecular weight excluding hydrogens is 360 g/mol. The second-order valence-electron chi connectivity index (χ2n) is 6.53. The van der Waals surface area contributed by atoms with Crippen LogP contribution in [0.5, 0.6) is 0 Å². The Bertz CT molecular complexity index is 1040. The summed E-state index contributed by atoms with van der Waals surface area (Å²) >= 11 is 0. The Labute approximate surface area is 161 Å². The van der Waals surface area contributed by atoms with E-state index in [-0.39, 0.29) is 11.6 Å². The van der Waals surface area contributed by atoms with Crippen molar-refractivity contribution in [3.05, 3.63) is 102 Å². The first-order valence-electron chi connectivity index (χ1n) is 8.90. The van der Waals surface area contributed by atoms with Crippen molar-refractivity contribution in [1.82, 2.24) is 24.6 Å². The van der Waals surface area contributed by atoms with Gasteiger partial charge in [-0.15, -0.1) is 0 Å². The van der Waals surface area contributed by atoms with Crippen molar-refractivity contribution in [3.63, 3.8) is 0 Å². The number of rotatable bonds is 7. The van der Waals surface area contributed by atoms with E-state index in [2.05, 4.69) is 15.4 Å². The molecule has 4 aromatic rings. The van der Waals surface area contributed by atoms with E-state index in [0.717, 1.165) is 16.7 Å². The molecule has 0 aliphatic rings. The van der Waals surface area contributed by atoms with Gasteiger partial charge < -0.3 is 9.88 Å². The molecule has 0 unspecified atom stereocenters. The molecule has 0 aliphatic carbocycles. The molecule has 28 heavy (non-hydrogen) atoms. The number of nitrogens with zero attached hydrogens (tertiary/aromatic N) is 4. The predicted molar refractivity (Wildman–Crippen MR) is 102 cm³/mol. The maximum Gasteiger partial charge on any atom is 0.147 e. The quantitative estimate of drug-likeness (QED) is 0.533. The summed E-state index contributed by atoms with van der Waals surface area (Å²) in [4.78, 5) is 3.94. The van der Waals surface area contributed by atoms with Crippen molar-refractivity contribution < 1.29 is 8.78 Å². The summed E-state index contributed by atoms with van der Waals surface area (Å²) in [5, 5.41) is 7.62. The third-order valence-corrected chi connectivity index (χ3v) is 4.40. The van der Waals surface area contributed by atoms with Gasteiger partial charge in [0.2, 0.25) is 0 Å². The molecule has 0 fully saturated rings. The average molecular weight is 379 g/mol. The smallest absolute Gasteiger partial charge is 0.147 e. The fourth-order valence-electron chi connectivity index (χ4n) is 2.98. The molecule has 0 saturated carbocycles. The second-order valence-corrected chi connectivity index (χ2v) is 6.53. The molecule has 0 bridgehead atoms. The molecule has 5 nitrogen and oxygen atoms in total. The van der Waals surface area contributed by atoms with Crippen LogP contribution in [-0.4, -0.2) is 19.3 Å². The normalized spacial score (nSPS) is 11.1. The highest BCUT2D eigenvalue weighted by Crippen LogP contribution is 2.15. The number of benzene rings is 2. The number of hydrogen-bond acceptors (Lipinski definition) is 3. The highest BCUT2D eigenvalue weighted by atomic mass is 19.1. The standard InChI is InChI=1S/C21H19F2N5/c22-19-4-1-16(2-5-19)13-28-14-18(12-26-28)11-25-10-17-3-6-21(20(23)9-17)27-8-7-24-15-27/h1-9,12,14-15,25H,10-11,13H2. The topological polar surface area (TPSA) is 47.7 Å². The van der Waals surface area contributed by atoms with Crippen molar-refractivity contribution in [3.8, 4) is 5.69 Å². The lowest BCUT2D eigenvalue weighted by Crippen LogP contribution is -2.12. The van der Waals surface area contributed by atoms with Crippen LogP contribution in [0.3, 0.4) is 0 Å². The van der Waals surface area contributed by atoms with E-state index in [1.165, 1.54) is 18.2 Å². The molecule has 1 N–H and O–H groups in total. The Hall–Kier alpha value is -3.32. The minimum atomic E-state index is -0.288. The summed E-state index contributed by atoms with van der Waals surface area (Å²) in [5.41, 5.74) is 3.35. The summed E-state index contributed by atoms with van der Waals surface area (Å²) in [6.07, 6.45) is 8.63.